The van der Waals surface area contributed by atoms with E-state index >= 15 is 0 Å². The molecule has 4 heteroatoms. The first-order valence-electron chi connectivity index (χ1n) is 7.28. The molecule has 0 aromatic heterocycles. The summed E-state index contributed by atoms with van der Waals surface area (Å²) in [6.45, 7) is 12.9. The largest absolute Gasteiger partial charge is 0.342 e. The van der Waals surface area contributed by atoms with Crippen molar-refractivity contribution in [3.8, 4) is 0 Å². The third-order valence-corrected chi connectivity index (χ3v) is 3.36. The fourth-order valence-corrected chi connectivity index (χ4v) is 2.63. The van der Waals surface area contributed by atoms with E-state index in [0.29, 0.717) is 6.54 Å². The SMILES string of the molecule is CCCC1NC(=O)C(C(C)C)N(CC(C)(C)C)C1=O. The second kappa shape index (κ2) is 5.93. The van der Waals surface area contributed by atoms with E-state index in [2.05, 4.69) is 26.1 Å². The summed E-state index contributed by atoms with van der Waals surface area (Å²) in [5.74, 6) is 0.209. The fraction of sp³-hybridized carbons (Fsp3) is 0.867. The van der Waals surface area contributed by atoms with E-state index in [1.807, 2.05) is 20.8 Å². The number of hydrogen-bond acceptors (Lipinski definition) is 2. The zero-order chi connectivity index (χ0) is 14.8. The van der Waals surface area contributed by atoms with Gasteiger partial charge in [-0.2, -0.15) is 0 Å². The van der Waals surface area contributed by atoms with Crippen molar-refractivity contribution in [2.24, 2.45) is 11.3 Å². The summed E-state index contributed by atoms with van der Waals surface area (Å²) in [5.41, 5.74) is -0.00279. The third-order valence-electron chi connectivity index (χ3n) is 3.36. The number of nitrogens with one attached hydrogen (secondary N) is 1. The van der Waals surface area contributed by atoms with Crippen LogP contribution in [0.3, 0.4) is 0 Å². The molecule has 1 N–H and O–H groups in total. The molecule has 1 rings (SSSR count). The molecule has 2 unspecified atom stereocenters. The summed E-state index contributed by atoms with van der Waals surface area (Å²) in [6.07, 6.45) is 1.61. The molecule has 0 aromatic rings. The lowest BCUT2D eigenvalue weighted by molar-refractivity contribution is -0.152. The molecule has 1 aliphatic heterocycles. The molecule has 1 fully saturated rings. The second-order valence-corrected chi connectivity index (χ2v) is 7.07. The number of amides is 2. The van der Waals surface area contributed by atoms with Gasteiger partial charge in [0.25, 0.3) is 0 Å². The monoisotopic (exact) mass is 268 g/mol. The smallest absolute Gasteiger partial charge is 0.245 e. The van der Waals surface area contributed by atoms with Crippen LogP contribution in [0.25, 0.3) is 0 Å². The Morgan fingerprint density at radius 3 is 2.26 bits per heavy atom. The Morgan fingerprint density at radius 1 is 1.26 bits per heavy atom. The minimum atomic E-state index is -0.338. The second-order valence-electron chi connectivity index (χ2n) is 7.07. The van der Waals surface area contributed by atoms with Gasteiger partial charge in [-0.05, 0) is 17.8 Å². The van der Waals surface area contributed by atoms with Gasteiger partial charge < -0.3 is 10.2 Å². The quantitative estimate of drug-likeness (QED) is 0.849. The number of rotatable bonds is 4. The molecule has 0 saturated carbocycles. The molecule has 1 heterocycles. The standard InChI is InChI=1S/C15H28N2O2/c1-7-8-11-14(19)17(9-15(4,5)6)12(10(2)3)13(18)16-11/h10-12H,7-9H2,1-6H3,(H,16,18). The first kappa shape index (κ1) is 16.0. The lowest BCUT2D eigenvalue weighted by atomic mass is 9.90. The average molecular weight is 268 g/mol. The van der Waals surface area contributed by atoms with Crippen LogP contribution in [-0.4, -0.2) is 35.3 Å². The van der Waals surface area contributed by atoms with Crippen LogP contribution in [0.15, 0.2) is 0 Å². The molecular formula is C15H28N2O2. The number of carbonyl (C=O) groups excluding carboxylic acids is 2. The summed E-state index contributed by atoms with van der Waals surface area (Å²) in [5, 5.41) is 2.88. The zero-order valence-electron chi connectivity index (χ0n) is 13.1. The Hall–Kier alpha value is -1.06. The van der Waals surface area contributed by atoms with E-state index in [0.717, 1.165) is 12.8 Å². The molecule has 4 nitrogen and oxygen atoms in total. The van der Waals surface area contributed by atoms with Crippen LogP contribution in [0.5, 0.6) is 0 Å². The number of nitrogens with zero attached hydrogens (tertiary/aromatic N) is 1. The fourth-order valence-electron chi connectivity index (χ4n) is 2.63. The molecule has 1 aliphatic rings. The van der Waals surface area contributed by atoms with E-state index in [9.17, 15) is 9.59 Å². The minimum Gasteiger partial charge on any atom is -0.342 e. The van der Waals surface area contributed by atoms with E-state index in [1.165, 1.54) is 0 Å². The molecule has 0 bridgehead atoms. The first-order chi connectivity index (χ1) is 8.67. The Bertz CT molecular complexity index is 345. The van der Waals surface area contributed by atoms with Crippen LogP contribution < -0.4 is 5.32 Å². The highest BCUT2D eigenvalue weighted by Gasteiger charge is 2.42. The minimum absolute atomic E-state index is 0.00250. The molecule has 1 saturated heterocycles. The van der Waals surface area contributed by atoms with E-state index in [4.69, 9.17) is 0 Å². The Morgan fingerprint density at radius 2 is 1.84 bits per heavy atom. The highest BCUT2D eigenvalue weighted by Crippen LogP contribution is 2.24. The summed E-state index contributed by atoms with van der Waals surface area (Å²) < 4.78 is 0. The lowest BCUT2D eigenvalue weighted by Gasteiger charge is -2.43. The van der Waals surface area contributed by atoms with Gasteiger partial charge in [-0.25, -0.2) is 0 Å². The average Bonchev–Trinajstić information content (AvgIpc) is 2.22. The van der Waals surface area contributed by atoms with Crippen LogP contribution in [0, 0.1) is 11.3 Å². The molecule has 0 radical (unpaired) electrons. The van der Waals surface area contributed by atoms with Crippen molar-refractivity contribution in [2.45, 2.75) is 66.5 Å². The summed E-state index contributed by atoms with van der Waals surface area (Å²) in [7, 11) is 0. The highest BCUT2D eigenvalue weighted by atomic mass is 16.2. The molecule has 0 spiro atoms. The van der Waals surface area contributed by atoms with Gasteiger partial charge in [0.05, 0.1) is 0 Å². The summed E-state index contributed by atoms with van der Waals surface area (Å²) in [4.78, 5) is 26.6. The van der Waals surface area contributed by atoms with Crippen molar-refractivity contribution < 1.29 is 9.59 Å². The van der Waals surface area contributed by atoms with Crippen molar-refractivity contribution in [3.05, 3.63) is 0 Å². The van der Waals surface area contributed by atoms with Crippen molar-refractivity contribution in [1.82, 2.24) is 10.2 Å². The zero-order valence-corrected chi connectivity index (χ0v) is 13.1. The maximum absolute atomic E-state index is 12.6. The molecule has 0 aliphatic carbocycles. The van der Waals surface area contributed by atoms with Gasteiger partial charge in [-0.1, -0.05) is 48.0 Å². The van der Waals surface area contributed by atoms with Crippen LogP contribution in [0.2, 0.25) is 0 Å². The number of carbonyl (C=O) groups is 2. The van der Waals surface area contributed by atoms with Crippen LogP contribution in [0.1, 0.15) is 54.4 Å². The van der Waals surface area contributed by atoms with Gasteiger partial charge >= 0.3 is 0 Å². The van der Waals surface area contributed by atoms with Crippen molar-refractivity contribution in [3.63, 3.8) is 0 Å². The van der Waals surface area contributed by atoms with Gasteiger partial charge in [0, 0.05) is 6.54 Å². The van der Waals surface area contributed by atoms with E-state index in [1.54, 1.807) is 4.90 Å². The Kier molecular flexibility index (Phi) is 4.99. The molecule has 110 valence electrons. The topological polar surface area (TPSA) is 49.4 Å². The van der Waals surface area contributed by atoms with Crippen LogP contribution >= 0.6 is 0 Å². The number of hydrogen-bond donors (Lipinski definition) is 1. The molecule has 19 heavy (non-hydrogen) atoms. The van der Waals surface area contributed by atoms with Crippen LogP contribution in [-0.2, 0) is 9.59 Å². The summed E-state index contributed by atoms with van der Waals surface area (Å²) in [6, 6.07) is -0.672. The Balaban J connectivity index is 3.00. The molecule has 2 atom stereocenters. The molecular weight excluding hydrogens is 240 g/mol. The van der Waals surface area contributed by atoms with E-state index in [-0.39, 0.29) is 35.2 Å². The van der Waals surface area contributed by atoms with Gasteiger partial charge in [-0.15, -0.1) is 0 Å². The maximum Gasteiger partial charge on any atom is 0.245 e. The first-order valence-corrected chi connectivity index (χ1v) is 7.28. The van der Waals surface area contributed by atoms with Crippen molar-refractivity contribution >= 4 is 11.8 Å². The maximum atomic E-state index is 12.6. The normalized spacial score (nSPS) is 24.9. The Labute approximate surface area is 116 Å². The predicted octanol–water partition coefficient (Wildman–Crippen LogP) is 2.18. The van der Waals surface area contributed by atoms with Crippen LogP contribution in [0.4, 0.5) is 0 Å². The van der Waals surface area contributed by atoms with E-state index < -0.39 is 0 Å². The number of piperazine rings is 1. The molecule has 2 amide bonds. The van der Waals surface area contributed by atoms with Gasteiger partial charge in [0.15, 0.2) is 0 Å². The lowest BCUT2D eigenvalue weighted by Crippen LogP contribution is -2.65. The molecule has 0 aromatic carbocycles. The van der Waals surface area contributed by atoms with Crippen molar-refractivity contribution in [1.29, 1.82) is 0 Å². The van der Waals surface area contributed by atoms with Gasteiger partial charge in [0.2, 0.25) is 11.8 Å². The van der Waals surface area contributed by atoms with Crippen molar-refractivity contribution in [2.75, 3.05) is 6.54 Å². The third kappa shape index (κ3) is 3.95. The highest BCUT2D eigenvalue weighted by molar-refractivity contribution is 5.97. The summed E-state index contributed by atoms with van der Waals surface area (Å²) >= 11 is 0. The van der Waals surface area contributed by atoms with Gasteiger partial charge in [-0.3, -0.25) is 9.59 Å². The predicted molar refractivity (Wildman–Crippen MR) is 76.6 cm³/mol. The van der Waals surface area contributed by atoms with Gasteiger partial charge in [0.1, 0.15) is 12.1 Å².